The molecule has 2 aromatic rings. The van der Waals surface area contributed by atoms with Crippen LogP contribution in [0.3, 0.4) is 0 Å². The zero-order valence-corrected chi connectivity index (χ0v) is 11.7. The number of aryl methyl sites for hydroxylation is 1. The fourth-order valence-electron chi connectivity index (χ4n) is 1.58. The van der Waals surface area contributed by atoms with Gasteiger partial charge in [0.25, 0.3) is 5.91 Å². The Kier molecular flexibility index (Phi) is 4.46. The Morgan fingerprint density at radius 1 is 1.37 bits per heavy atom. The van der Waals surface area contributed by atoms with Gasteiger partial charge >= 0.3 is 0 Å². The molecule has 6 heteroatoms. The molecular formula is C13H15N3O2S. The minimum atomic E-state index is -0.167. The topological polar surface area (TPSA) is 64.1 Å². The van der Waals surface area contributed by atoms with Crippen molar-refractivity contribution in [2.45, 2.75) is 13.3 Å². The molecule has 0 aliphatic heterocycles. The van der Waals surface area contributed by atoms with Crippen LogP contribution in [0.1, 0.15) is 21.2 Å². The molecule has 1 heterocycles. The standard InChI is InChI=1S/C13H15N3O2S/c1-9-15-13(19-16-9)12(17)14-8-7-10-3-5-11(18-2)6-4-10/h3-6H,7-8H2,1-2H3,(H,14,17). The normalized spacial score (nSPS) is 10.2. The molecule has 0 saturated carbocycles. The Balaban J connectivity index is 1.81. The number of ether oxygens (including phenoxy) is 1. The second-order valence-corrected chi connectivity index (χ2v) is 4.75. The molecule has 0 bridgehead atoms. The van der Waals surface area contributed by atoms with E-state index < -0.39 is 0 Å². The van der Waals surface area contributed by atoms with Crippen LogP contribution in [-0.4, -0.2) is 28.9 Å². The lowest BCUT2D eigenvalue weighted by molar-refractivity contribution is 0.0953. The van der Waals surface area contributed by atoms with E-state index in [0.717, 1.165) is 29.3 Å². The van der Waals surface area contributed by atoms with Crippen LogP contribution in [0.2, 0.25) is 0 Å². The molecule has 1 aromatic heterocycles. The van der Waals surface area contributed by atoms with Gasteiger partial charge in [0.2, 0.25) is 5.01 Å². The minimum Gasteiger partial charge on any atom is -0.497 e. The first-order valence-electron chi connectivity index (χ1n) is 5.90. The van der Waals surface area contributed by atoms with Crippen molar-refractivity contribution in [2.75, 3.05) is 13.7 Å². The average Bonchev–Trinajstić information content (AvgIpc) is 2.86. The predicted molar refractivity (Wildman–Crippen MR) is 73.7 cm³/mol. The van der Waals surface area contributed by atoms with Gasteiger partial charge in [-0.25, -0.2) is 4.98 Å². The Bertz CT molecular complexity index is 551. The van der Waals surface area contributed by atoms with Crippen molar-refractivity contribution in [1.82, 2.24) is 14.7 Å². The highest BCUT2D eigenvalue weighted by Crippen LogP contribution is 2.11. The van der Waals surface area contributed by atoms with E-state index in [9.17, 15) is 4.79 Å². The highest BCUT2D eigenvalue weighted by Gasteiger charge is 2.09. The second-order valence-electron chi connectivity index (χ2n) is 4.00. The summed E-state index contributed by atoms with van der Waals surface area (Å²) >= 11 is 1.12. The minimum absolute atomic E-state index is 0.167. The third-order valence-electron chi connectivity index (χ3n) is 2.58. The molecule has 1 amide bonds. The molecule has 1 aromatic carbocycles. The highest BCUT2D eigenvalue weighted by molar-refractivity contribution is 7.07. The Hall–Kier alpha value is -1.95. The van der Waals surface area contributed by atoms with Gasteiger partial charge in [-0.2, -0.15) is 4.37 Å². The van der Waals surface area contributed by atoms with Gasteiger partial charge in [-0.05, 0) is 42.6 Å². The number of nitrogens with one attached hydrogen (secondary N) is 1. The monoisotopic (exact) mass is 277 g/mol. The van der Waals surface area contributed by atoms with Gasteiger partial charge in [0.15, 0.2) is 0 Å². The predicted octanol–water partition coefficient (Wildman–Crippen LogP) is 1.83. The highest BCUT2D eigenvalue weighted by atomic mass is 32.1. The van der Waals surface area contributed by atoms with Gasteiger partial charge in [0.05, 0.1) is 7.11 Å². The van der Waals surface area contributed by atoms with E-state index in [4.69, 9.17) is 4.74 Å². The third kappa shape index (κ3) is 3.75. The Labute approximate surface area is 115 Å². The van der Waals surface area contributed by atoms with E-state index in [2.05, 4.69) is 14.7 Å². The third-order valence-corrected chi connectivity index (χ3v) is 3.39. The number of carbonyl (C=O) groups excluding carboxylic acids is 1. The molecule has 5 nitrogen and oxygen atoms in total. The van der Waals surface area contributed by atoms with Crippen molar-refractivity contribution in [3.63, 3.8) is 0 Å². The SMILES string of the molecule is COc1ccc(CCNC(=O)c2nc(C)ns2)cc1. The number of carbonyl (C=O) groups is 1. The van der Waals surface area contributed by atoms with Crippen molar-refractivity contribution in [3.8, 4) is 5.75 Å². The summed E-state index contributed by atoms with van der Waals surface area (Å²) in [6.07, 6.45) is 0.771. The number of methoxy groups -OCH3 is 1. The lowest BCUT2D eigenvalue weighted by Crippen LogP contribution is -2.25. The summed E-state index contributed by atoms with van der Waals surface area (Å²) in [5.74, 6) is 1.29. The molecule has 0 atom stereocenters. The van der Waals surface area contributed by atoms with Crippen LogP contribution < -0.4 is 10.1 Å². The molecule has 19 heavy (non-hydrogen) atoms. The molecule has 0 aliphatic carbocycles. The molecule has 0 unspecified atom stereocenters. The average molecular weight is 277 g/mol. The first kappa shape index (κ1) is 13.5. The van der Waals surface area contributed by atoms with Gasteiger partial charge in [0, 0.05) is 6.54 Å². The van der Waals surface area contributed by atoms with Gasteiger partial charge in [-0.1, -0.05) is 12.1 Å². The van der Waals surface area contributed by atoms with Crippen LogP contribution in [0.4, 0.5) is 0 Å². The summed E-state index contributed by atoms with van der Waals surface area (Å²) in [5.41, 5.74) is 1.15. The summed E-state index contributed by atoms with van der Waals surface area (Å²) in [6.45, 7) is 2.34. The van der Waals surface area contributed by atoms with Crippen molar-refractivity contribution in [2.24, 2.45) is 0 Å². The number of benzene rings is 1. The molecule has 0 spiro atoms. The zero-order chi connectivity index (χ0) is 13.7. The van der Waals surface area contributed by atoms with Crippen LogP contribution in [0, 0.1) is 6.92 Å². The van der Waals surface area contributed by atoms with E-state index in [0.29, 0.717) is 17.4 Å². The summed E-state index contributed by atoms with van der Waals surface area (Å²) in [6, 6.07) is 7.79. The fourth-order valence-corrected chi connectivity index (χ4v) is 2.16. The molecule has 2 rings (SSSR count). The summed E-state index contributed by atoms with van der Waals surface area (Å²) in [4.78, 5) is 15.8. The van der Waals surface area contributed by atoms with Crippen molar-refractivity contribution in [1.29, 1.82) is 0 Å². The van der Waals surface area contributed by atoms with Crippen molar-refractivity contribution in [3.05, 3.63) is 40.7 Å². The maximum absolute atomic E-state index is 11.7. The molecular weight excluding hydrogens is 262 g/mol. The van der Waals surface area contributed by atoms with E-state index in [1.165, 1.54) is 0 Å². The van der Waals surface area contributed by atoms with Crippen molar-refractivity contribution >= 4 is 17.4 Å². The molecule has 100 valence electrons. The lowest BCUT2D eigenvalue weighted by atomic mass is 10.1. The molecule has 0 radical (unpaired) electrons. The van der Waals surface area contributed by atoms with Gasteiger partial charge < -0.3 is 10.1 Å². The van der Waals surface area contributed by atoms with E-state index in [-0.39, 0.29) is 5.91 Å². The van der Waals surface area contributed by atoms with Crippen molar-refractivity contribution < 1.29 is 9.53 Å². The number of rotatable bonds is 5. The molecule has 0 aliphatic rings. The number of nitrogens with zero attached hydrogens (tertiary/aromatic N) is 2. The Morgan fingerprint density at radius 2 is 2.11 bits per heavy atom. The first-order chi connectivity index (χ1) is 9.19. The van der Waals surface area contributed by atoms with Gasteiger partial charge in [-0.3, -0.25) is 4.79 Å². The maximum Gasteiger partial charge on any atom is 0.281 e. The number of hydrogen-bond donors (Lipinski definition) is 1. The van der Waals surface area contributed by atoms with Gasteiger partial charge in [0.1, 0.15) is 11.6 Å². The van der Waals surface area contributed by atoms with Crippen LogP contribution in [0.25, 0.3) is 0 Å². The Morgan fingerprint density at radius 3 is 2.68 bits per heavy atom. The summed E-state index contributed by atoms with van der Waals surface area (Å²) in [7, 11) is 1.64. The molecule has 0 fully saturated rings. The quantitative estimate of drug-likeness (QED) is 0.905. The van der Waals surface area contributed by atoms with Crippen LogP contribution >= 0.6 is 11.5 Å². The lowest BCUT2D eigenvalue weighted by Gasteiger charge is -2.04. The fraction of sp³-hybridized carbons (Fsp3) is 0.308. The molecule has 1 N–H and O–H groups in total. The maximum atomic E-state index is 11.7. The van der Waals surface area contributed by atoms with Gasteiger partial charge in [-0.15, -0.1) is 0 Å². The number of aromatic nitrogens is 2. The van der Waals surface area contributed by atoms with Crippen LogP contribution in [0.5, 0.6) is 5.75 Å². The summed E-state index contributed by atoms with van der Waals surface area (Å²) < 4.78 is 9.07. The zero-order valence-electron chi connectivity index (χ0n) is 10.8. The number of amides is 1. The van der Waals surface area contributed by atoms with E-state index in [1.807, 2.05) is 24.3 Å². The van der Waals surface area contributed by atoms with Crippen LogP contribution in [0.15, 0.2) is 24.3 Å². The van der Waals surface area contributed by atoms with E-state index >= 15 is 0 Å². The van der Waals surface area contributed by atoms with Crippen LogP contribution in [-0.2, 0) is 6.42 Å². The number of hydrogen-bond acceptors (Lipinski definition) is 5. The smallest absolute Gasteiger partial charge is 0.281 e. The second kappa shape index (κ2) is 6.29. The molecule has 0 saturated heterocycles. The largest absolute Gasteiger partial charge is 0.497 e. The first-order valence-corrected chi connectivity index (χ1v) is 6.68. The summed E-state index contributed by atoms with van der Waals surface area (Å²) in [5, 5.41) is 3.24. The van der Waals surface area contributed by atoms with E-state index in [1.54, 1.807) is 14.0 Å².